The molecule has 94 valence electrons. The van der Waals surface area contributed by atoms with Crippen molar-refractivity contribution in [2.75, 3.05) is 11.4 Å². The van der Waals surface area contributed by atoms with E-state index in [9.17, 15) is 0 Å². The van der Waals surface area contributed by atoms with Gasteiger partial charge in [-0.25, -0.2) is 0 Å². The number of hydrogen-bond donors (Lipinski definition) is 1. The second-order valence-corrected chi connectivity index (χ2v) is 5.86. The second-order valence-electron chi connectivity index (χ2n) is 5.00. The van der Waals surface area contributed by atoms with Gasteiger partial charge in [0.1, 0.15) is 0 Å². The Morgan fingerprint density at radius 3 is 2.47 bits per heavy atom. The lowest BCUT2D eigenvalue weighted by molar-refractivity contribution is 0.281. The number of anilines is 1. The van der Waals surface area contributed by atoms with Crippen molar-refractivity contribution in [1.29, 1.82) is 0 Å². The molecule has 0 fully saturated rings. The van der Waals surface area contributed by atoms with E-state index < -0.39 is 0 Å². The van der Waals surface area contributed by atoms with Gasteiger partial charge in [-0.2, -0.15) is 0 Å². The van der Waals surface area contributed by atoms with Crippen LogP contribution in [0.3, 0.4) is 0 Å². The van der Waals surface area contributed by atoms with Crippen molar-refractivity contribution < 1.29 is 5.11 Å². The van der Waals surface area contributed by atoms with Gasteiger partial charge < -0.3 is 10.0 Å². The Kier molecular flexibility index (Phi) is 4.78. The molecule has 1 aromatic carbocycles. The Labute approximate surface area is 112 Å². The van der Waals surface area contributed by atoms with Crippen molar-refractivity contribution in [2.24, 2.45) is 0 Å². The molecule has 1 N–H and O–H groups in total. The third kappa shape index (κ3) is 3.58. The number of benzene rings is 1. The maximum atomic E-state index is 9.15. The molecule has 0 heterocycles. The molecular weight excluding hydrogens is 278 g/mol. The maximum Gasteiger partial charge on any atom is 0.0692 e. The highest BCUT2D eigenvalue weighted by atomic mass is 79.9. The zero-order valence-electron chi connectivity index (χ0n) is 10.7. The number of hydrogen-bond acceptors (Lipinski definition) is 2. The molecule has 1 aromatic rings. The first kappa shape index (κ1) is 14.3. The zero-order chi connectivity index (χ0) is 13.1. The van der Waals surface area contributed by atoms with Gasteiger partial charge in [0, 0.05) is 22.2 Å². The summed E-state index contributed by atoms with van der Waals surface area (Å²) in [6.45, 7) is 11.2. The van der Waals surface area contributed by atoms with E-state index in [0.717, 1.165) is 22.3 Å². The van der Waals surface area contributed by atoms with Crippen LogP contribution in [0.25, 0.3) is 0 Å². The Hall–Kier alpha value is -0.800. The van der Waals surface area contributed by atoms with Gasteiger partial charge in [-0.05, 0) is 38.5 Å². The maximum absolute atomic E-state index is 9.15. The van der Waals surface area contributed by atoms with Gasteiger partial charge in [0.05, 0.1) is 6.61 Å². The molecule has 0 saturated heterocycles. The van der Waals surface area contributed by atoms with Gasteiger partial charge in [0.2, 0.25) is 0 Å². The van der Waals surface area contributed by atoms with Gasteiger partial charge in [0.15, 0.2) is 0 Å². The van der Waals surface area contributed by atoms with Crippen LogP contribution < -0.4 is 4.90 Å². The second kappa shape index (κ2) is 5.69. The van der Waals surface area contributed by atoms with E-state index >= 15 is 0 Å². The molecule has 0 aromatic heterocycles. The largest absolute Gasteiger partial charge is 0.392 e. The monoisotopic (exact) mass is 297 g/mol. The highest BCUT2D eigenvalue weighted by Gasteiger charge is 2.20. The average molecular weight is 298 g/mol. The first-order chi connectivity index (χ1) is 7.90. The number of aliphatic hydroxyl groups excluding tert-OH is 1. The fourth-order valence-electron chi connectivity index (χ4n) is 1.73. The summed E-state index contributed by atoms with van der Waals surface area (Å²) < 4.78 is 0.941. The molecular formula is C14H20BrNO. The fourth-order valence-corrected chi connectivity index (χ4v) is 2.22. The SMILES string of the molecule is C=CCN(c1ccc(CO)c(Br)c1)C(C)(C)C. The van der Waals surface area contributed by atoms with Gasteiger partial charge >= 0.3 is 0 Å². The average Bonchev–Trinajstić information content (AvgIpc) is 2.24. The highest BCUT2D eigenvalue weighted by molar-refractivity contribution is 9.10. The molecule has 0 aliphatic carbocycles. The summed E-state index contributed by atoms with van der Waals surface area (Å²) in [5.41, 5.74) is 2.07. The van der Waals surface area contributed by atoms with Crippen LogP contribution in [0, 0.1) is 0 Å². The topological polar surface area (TPSA) is 23.5 Å². The Morgan fingerprint density at radius 2 is 2.06 bits per heavy atom. The lowest BCUT2D eigenvalue weighted by atomic mass is 10.0. The Balaban J connectivity index is 3.11. The molecule has 0 radical (unpaired) electrons. The van der Waals surface area contributed by atoms with Crippen LogP contribution in [-0.4, -0.2) is 17.2 Å². The highest BCUT2D eigenvalue weighted by Crippen LogP contribution is 2.28. The van der Waals surface area contributed by atoms with Crippen LogP contribution in [0.1, 0.15) is 26.3 Å². The minimum absolute atomic E-state index is 0.0361. The van der Waals surface area contributed by atoms with E-state index in [1.54, 1.807) is 0 Å². The summed E-state index contributed by atoms with van der Waals surface area (Å²) in [7, 11) is 0. The van der Waals surface area contributed by atoms with E-state index in [0.29, 0.717) is 0 Å². The zero-order valence-corrected chi connectivity index (χ0v) is 12.3. The molecule has 0 unspecified atom stereocenters. The third-order valence-corrected chi connectivity index (χ3v) is 3.38. The van der Waals surface area contributed by atoms with E-state index in [1.165, 1.54) is 0 Å². The summed E-state index contributed by atoms with van der Waals surface area (Å²) in [4.78, 5) is 2.27. The molecule has 0 aliphatic heterocycles. The van der Waals surface area contributed by atoms with E-state index in [4.69, 9.17) is 5.11 Å². The first-order valence-electron chi connectivity index (χ1n) is 5.68. The molecule has 0 amide bonds. The third-order valence-electron chi connectivity index (χ3n) is 2.64. The normalized spacial score (nSPS) is 11.4. The van der Waals surface area contributed by atoms with Gasteiger partial charge in [-0.15, -0.1) is 6.58 Å². The molecule has 0 atom stereocenters. The number of aliphatic hydroxyl groups is 1. The van der Waals surface area contributed by atoms with E-state index in [-0.39, 0.29) is 12.1 Å². The molecule has 2 nitrogen and oxygen atoms in total. The van der Waals surface area contributed by atoms with Crippen LogP contribution >= 0.6 is 15.9 Å². The van der Waals surface area contributed by atoms with Crippen molar-refractivity contribution in [3.8, 4) is 0 Å². The number of nitrogens with zero attached hydrogens (tertiary/aromatic N) is 1. The van der Waals surface area contributed by atoms with Crippen LogP contribution in [0.4, 0.5) is 5.69 Å². The minimum atomic E-state index is 0.0361. The summed E-state index contributed by atoms with van der Waals surface area (Å²) >= 11 is 3.48. The van der Waals surface area contributed by atoms with Gasteiger partial charge in [0.25, 0.3) is 0 Å². The summed E-state index contributed by atoms with van der Waals surface area (Å²) in [6, 6.07) is 6.02. The van der Waals surface area contributed by atoms with Crippen molar-refractivity contribution in [2.45, 2.75) is 32.9 Å². The molecule has 1 rings (SSSR count). The van der Waals surface area contributed by atoms with Crippen LogP contribution in [0.5, 0.6) is 0 Å². The molecule has 17 heavy (non-hydrogen) atoms. The van der Waals surface area contributed by atoms with E-state index in [1.807, 2.05) is 24.3 Å². The van der Waals surface area contributed by atoms with Gasteiger partial charge in [-0.3, -0.25) is 0 Å². The lowest BCUT2D eigenvalue weighted by Crippen LogP contribution is -2.41. The number of halogens is 1. The van der Waals surface area contributed by atoms with Crippen molar-refractivity contribution in [3.63, 3.8) is 0 Å². The standard InChI is InChI=1S/C14H20BrNO/c1-5-8-16(14(2,3)4)12-7-6-11(10-17)13(15)9-12/h5-7,9,17H,1,8,10H2,2-4H3. The Morgan fingerprint density at radius 1 is 1.41 bits per heavy atom. The van der Waals surface area contributed by atoms with Crippen LogP contribution in [-0.2, 0) is 6.61 Å². The molecule has 0 spiro atoms. The Bertz CT molecular complexity index is 396. The van der Waals surface area contributed by atoms with Crippen molar-refractivity contribution in [3.05, 3.63) is 40.9 Å². The minimum Gasteiger partial charge on any atom is -0.392 e. The number of rotatable bonds is 4. The molecule has 0 bridgehead atoms. The van der Waals surface area contributed by atoms with Crippen molar-refractivity contribution in [1.82, 2.24) is 0 Å². The predicted octanol–water partition coefficient (Wildman–Crippen LogP) is 3.73. The molecule has 3 heteroatoms. The fraction of sp³-hybridized carbons (Fsp3) is 0.429. The summed E-state index contributed by atoms with van der Waals surface area (Å²) in [5.74, 6) is 0. The molecule has 0 aliphatic rings. The van der Waals surface area contributed by atoms with E-state index in [2.05, 4.69) is 48.2 Å². The van der Waals surface area contributed by atoms with Gasteiger partial charge in [-0.1, -0.05) is 28.1 Å². The lowest BCUT2D eigenvalue weighted by Gasteiger charge is -2.37. The summed E-state index contributed by atoms with van der Waals surface area (Å²) in [5, 5.41) is 9.15. The first-order valence-corrected chi connectivity index (χ1v) is 6.47. The quantitative estimate of drug-likeness (QED) is 0.856. The van der Waals surface area contributed by atoms with Crippen LogP contribution in [0.2, 0.25) is 0 Å². The predicted molar refractivity (Wildman–Crippen MR) is 77.4 cm³/mol. The van der Waals surface area contributed by atoms with Crippen LogP contribution in [0.15, 0.2) is 35.3 Å². The molecule has 0 saturated carbocycles. The summed E-state index contributed by atoms with van der Waals surface area (Å²) in [6.07, 6.45) is 1.90. The van der Waals surface area contributed by atoms with Crippen molar-refractivity contribution >= 4 is 21.6 Å². The smallest absolute Gasteiger partial charge is 0.0692 e.